The van der Waals surface area contributed by atoms with E-state index in [4.69, 9.17) is 10.5 Å². The van der Waals surface area contributed by atoms with Gasteiger partial charge in [-0.25, -0.2) is 13.8 Å². The third kappa shape index (κ3) is 3.79. The molecule has 4 N–H and O–H groups in total. The lowest BCUT2D eigenvalue weighted by molar-refractivity contribution is -0.118. The first-order chi connectivity index (χ1) is 11.9. The summed E-state index contributed by atoms with van der Waals surface area (Å²) in [5, 5.41) is 10.3. The minimum atomic E-state index is -0.865. The van der Waals surface area contributed by atoms with Crippen LogP contribution in [0.15, 0.2) is 24.4 Å². The number of primary amides is 1. The fourth-order valence-corrected chi connectivity index (χ4v) is 2.19. The maximum atomic E-state index is 13.6. The molecule has 0 aliphatic heterocycles. The van der Waals surface area contributed by atoms with Gasteiger partial charge in [-0.2, -0.15) is 10.1 Å². The molecule has 1 aromatic carbocycles. The second kappa shape index (κ2) is 6.67. The summed E-state index contributed by atoms with van der Waals surface area (Å²) in [6.45, 7) is 1.78. The number of nitrogens with two attached hydrogens (primary N) is 1. The van der Waals surface area contributed by atoms with Crippen molar-refractivity contribution in [2.24, 2.45) is 5.73 Å². The van der Waals surface area contributed by atoms with E-state index in [-0.39, 0.29) is 24.2 Å². The Morgan fingerprint density at radius 1 is 1.44 bits per heavy atom. The number of aromatic nitrogens is 4. The Morgan fingerprint density at radius 3 is 2.96 bits per heavy atom. The maximum absolute atomic E-state index is 13.6. The zero-order valence-corrected chi connectivity index (χ0v) is 13.1. The molecule has 0 aliphatic rings. The van der Waals surface area contributed by atoms with E-state index >= 15 is 0 Å². The van der Waals surface area contributed by atoms with Crippen molar-refractivity contribution in [3.63, 3.8) is 0 Å². The molecule has 2 heterocycles. The molecule has 10 heteroatoms. The van der Waals surface area contributed by atoms with E-state index in [2.05, 4.69) is 25.5 Å². The Morgan fingerprint density at radius 2 is 2.24 bits per heavy atom. The number of halogens is 2. The first kappa shape index (κ1) is 16.6. The Hall–Kier alpha value is -3.30. The van der Waals surface area contributed by atoms with Gasteiger partial charge < -0.3 is 15.8 Å². The molecule has 130 valence electrons. The number of H-pyrrole nitrogens is 1. The number of hydrogen-bond acceptors (Lipinski definition) is 6. The molecule has 25 heavy (non-hydrogen) atoms. The molecule has 8 nitrogen and oxygen atoms in total. The minimum absolute atomic E-state index is 0.126. The number of carbonyl (C=O) groups is 1. The van der Waals surface area contributed by atoms with Gasteiger partial charge >= 0.3 is 6.01 Å². The van der Waals surface area contributed by atoms with Crippen LogP contribution < -0.4 is 15.8 Å². The number of amides is 1. The number of nitrogens with zero attached hydrogens (tertiary/aromatic N) is 3. The smallest absolute Gasteiger partial charge is 0.324 e. The van der Waals surface area contributed by atoms with Gasteiger partial charge in [0.1, 0.15) is 5.82 Å². The standard InChI is InChI=1S/C15H14F2N6O2/c1-7(4-12(18)24)20-13-9-6-19-15(21-14(9)23-22-13)25-11-3-2-8(16)5-10(11)17/h2-3,5-7H,4H2,1H3,(H2,18,24)(H2,19,20,21,22,23). The van der Waals surface area contributed by atoms with Gasteiger partial charge in [0.05, 0.1) is 5.39 Å². The van der Waals surface area contributed by atoms with Gasteiger partial charge in [-0.1, -0.05) is 0 Å². The number of carbonyl (C=O) groups excluding carboxylic acids is 1. The van der Waals surface area contributed by atoms with Crippen LogP contribution in [0.25, 0.3) is 11.0 Å². The van der Waals surface area contributed by atoms with Crippen LogP contribution in [0.5, 0.6) is 11.8 Å². The molecule has 1 unspecified atom stereocenters. The monoisotopic (exact) mass is 348 g/mol. The van der Waals surface area contributed by atoms with Crippen LogP contribution in [0, 0.1) is 11.6 Å². The molecule has 3 rings (SSSR count). The fourth-order valence-electron chi connectivity index (χ4n) is 2.19. The molecule has 0 bridgehead atoms. The van der Waals surface area contributed by atoms with Gasteiger partial charge in [0.15, 0.2) is 23.0 Å². The van der Waals surface area contributed by atoms with E-state index in [1.54, 1.807) is 6.92 Å². The number of benzene rings is 1. The summed E-state index contributed by atoms with van der Waals surface area (Å²) in [5.41, 5.74) is 5.50. The van der Waals surface area contributed by atoms with E-state index in [0.717, 1.165) is 12.1 Å². The van der Waals surface area contributed by atoms with Crippen molar-refractivity contribution in [2.75, 3.05) is 5.32 Å². The van der Waals surface area contributed by atoms with Gasteiger partial charge in [-0.15, -0.1) is 0 Å². The maximum Gasteiger partial charge on any atom is 0.324 e. The summed E-state index contributed by atoms with van der Waals surface area (Å²) in [6.07, 6.45) is 1.57. The third-order valence-corrected chi connectivity index (χ3v) is 3.28. The normalized spacial score (nSPS) is 12.1. The quantitative estimate of drug-likeness (QED) is 0.628. The van der Waals surface area contributed by atoms with Crippen LogP contribution in [0.2, 0.25) is 0 Å². The van der Waals surface area contributed by atoms with Crippen LogP contribution in [-0.4, -0.2) is 32.1 Å². The molecule has 2 aromatic heterocycles. The fraction of sp³-hybridized carbons (Fsp3) is 0.200. The Balaban J connectivity index is 1.80. The minimum Gasteiger partial charge on any atom is -0.421 e. The van der Waals surface area contributed by atoms with E-state index in [9.17, 15) is 13.6 Å². The predicted molar refractivity (Wildman–Crippen MR) is 85.0 cm³/mol. The number of ether oxygens (including phenoxy) is 1. The van der Waals surface area contributed by atoms with Crippen LogP contribution in [0.1, 0.15) is 13.3 Å². The Bertz CT molecular complexity index is 930. The lowest BCUT2D eigenvalue weighted by Gasteiger charge is -2.10. The topological polar surface area (TPSA) is 119 Å². The number of hydrogen-bond donors (Lipinski definition) is 3. The van der Waals surface area contributed by atoms with E-state index < -0.39 is 17.5 Å². The molecule has 0 spiro atoms. The van der Waals surface area contributed by atoms with E-state index in [0.29, 0.717) is 22.9 Å². The second-order valence-electron chi connectivity index (χ2n) is 5.38. The van der Waals surface area contributed by atoms with Crippen molar-refractivity contribution in [1.29, 1.82) is 0 Å². The zero-order chi connectivity index (χ0) is 18.0. The summed E-state index contributed by atoms with van der Waals surface area (Å²) >= 11 is 0. The van der Waals surface area contributed by atoms with Crippen LogP contribution >= 0.6 is 0 Å². The number of anilines is 1. The van der Waals surface area contributed by atoms with Gasteiger partial charge in [0.2, 0.25) is 5.91 Å². The summed E-state index contributed by atoms with van der Waals surface area (Å²) in [6, 6.07) is 2.55. The van der Waals surface area contributed by atoms with Gasteiger partial charge in [-0.3, -0.25) is 9.89 Å². The van der Waals surface area contributed by atoms with Crippen LogP contribution in [0.4, 0.5) is 14.6 Å². The van der Waals surface area contributed by atoms with Gasteiger partial charge in [0.25, 0.3) is 0 Å². The highest BCUT2D eigenvalue weighted by Crippen LogP contribution is 2.25. The molecule has 0 saturated carbocycles. The molecule has 3 aromatic rings. The molecule has 0 radical (unpaired) electrons. The summed E-state index contributed by atoms with van der Waals surface area (Å²) in [7, 11) is 0. The van der Waals surface area contributed by atoms with Crippen molar-refractivity contribution in [2.45, 2.75) is 19.4 Å². The average molecular weight is 348 g/mol. The Labute approximate surface area is 140 Å². The zero-order valence-electron chi connectivity index (χ0n) is 13.1. The largest absolute Gasteiger partial charge is 0.421 e. The van der Waals surface area contributed by atoms with Crippen molar-refractivity contribution < 1.29 is 18.3 Å². The molecular weight excluding hydrogens is 334 g/mol. The molecule has 1 atom stereocenters. The highest BCUT2D eigenvalue weighted by atomic mass is 19.1. The first-order valence-corrected chi connectivity index (χ1v) is 7.31. The highest BCUT2D eigenvalue weighted by molar-refractivity contribution is 5.86. The van der Waals surface area contributed by atoms with Gasteiger partial charge in [-0.05, 0) is 19.1 Å². The number of rotatable bonds is 6. The first-order valence-electron chi connectivity index (χ1n) is 7.31. The third-order valence-electron chi connectivity index (χ3n) is 3.28. The second-order valence-corrected chi connectivity index (χ2v) is 5.38. The van der Waals surface area contributed by atoms with Crippen LogP contribution in [-0.2, 0) is 4.79 Å². The van der Waals surface area contributed by atoms with Crippen molar-refractivity contribution in [3.05, 3.63) is 36.0 Å². The van der Waals surface area contributed by atoms with Gasteiger partial charge in [0, 0.05) is 24.7 Å². The lowest BCUT2D eigenvalue weighted by Crippen LogP contribution is -2.24. The van der Waals surface area contributed by atoms with Crippen molar-refractivity contribution in [3.8, 4) is 11.8 Å². The summed E-state index contributed by atoms with van der Waals surface area (Å²) in [4.78, 5) is 19.0. The number of nitrogens with one attached hydrogen (secondary N) is 2. The van der Waals surface area contributed by atoms with Crippen molar-refractivity contribution >= 4 is 22.8 Å². The Kier molecular flexibility index (Phi) is 4.42. The SMILES string of the molecule is CC(CC(N)=O)Nc1n[nH]c2nc(Oc3ccc(F)cc3F)ncc12. The molecule has 0 saturated heterocycles. The number of fused-ring (bicyclic) bond motifs is 1. The lowest BCUT2D eigenvalue weighted by atomic mass is 10.2. The highest BCUT2D eigenvalue weighted by Gasteiger charge is 2.14. The van der Waals surface area contributed by atoms with E-state index in [1.165, 1.54) is 6.20 Å². The number of aromatic amines is 1. The molecule has 1 amide bonds. The van der Waals surface area contributed by atoms with E-state index in [1.807, 2.05) is 0 Å². The molecule has 0 fully saturated rings. The van der Waals surface area contributed by atoms with Crippen LogP contribution in [0.3, 0.4) is 0 Å². The molecular formula is C15H14F2N6O2. The molecule has 0 aliphatic carbocycles. The van der Waals surface area contributed by atoms with Crippen molar-refractivity contribution in [1.82, 2.24) is 20.2 Å². The average Bonchev–Trinajstić information content (AvgIpc) is 2.91. The summed E-state index contributed by atoms with van der Waals surface area (Å²) in [5.74, 6) is -1.77. The predicted octanol–water partition coefficient (Wildman–Crippen LogP) is 2.10. The summed E-state index contributed by atoms with van der Waals surface area (Å²) < 4.78 is 31.7.